The summed E-state index contributed by atoms with van der Waals surface area (Å²) in [6.45, 7) is 5.61. The van der Waals surface area contributed by atoms with Gasteiger partial charge in [-0.15, -0.1) is 0 Å². The molecule has 4 nitrogen and oxygen atoms in total. The zero-order valence-corrected chi connectivity index (χ0v) is 25.4. The Balaban J connectivity index is 1.37. The summed E-state index contributed by atoms with van der Waals surface area (Å²) >= 11 is 3.67. The molecule has 0 amide bonds. The largest absolute Gasteiger partial charge is 0.493 e. The topological polar surface area (TPSA) is 44.8 Å². The molecule has 0 N–H and O–H groups in total. The van der Waals surface area contributed by atoms with Gasteiger partial charge >= 0.3 is 5.97 Å². The van der Waals surface area contributed by atoms with Crippen LogP contribution < -0.4 is 9.47 Å². The Hall–Kier alpha value is -2.08. The zero-order valence-electron chi connectivity index (χ0n) is 23.8. The highest BCUT2D eigenvalue weighted by Gasteiger charge is 2.27. The molecule has 0 bridgehead atoms. The van der Waals surface area contributed by atoms with Crippen LogP contribution in [0.25, 0.3) is 11.1 Å². The lowest BCUT2D eigenvalue weighted by atomic mass is 9.88. The molecule has 0 aromatic heterocycles. The normalized spacial score (nSPS) is 17.9. The van der Waals surface area contributed by atoms with E-state index in [-0.39, 0.29) is 12.5 Å². The van der Waals surface area contributed by atoms with E-state index in [0.29, 0.717) is 18.9 Å². The second-order valence-corrected chi connectivity index (χ2v) is 11.6. The van der Waals surface area contributed by atoms with E-state index in [9.17, 15) is 9.18 Å². The Morgan fingerprint density at radius 2 is 1.54 bits per heavy atom. The molecule has 6 heteroatoms. The Labute approximate surface area is 243 Å². The predicted octanol–water partition coefficient (Wildman–Crippen LogP) is 9.86. The molecule has 0 aliphatic heterocycles. The number of esters is 1. The number of halogens is 2. The van der Waals surface area contributed by atoms with Gasteiger partial charge in [0.05, 0.1) is 17.7 Å². The molecule has 2 aromatic carbocycles. The van der Waals surface area contributed by atoms with Crippen LogP contribution in [0, 0.1) is 5.92 Å². The number of benzene rings is 2. The van der Waals surface area contributed by atoms with Crippen LogP contribution in [0.1, 0.15) is 97.3 Å². The highest BCUT2D eigenvalue weighted by Crippen LogP contribution is 2.32. The second-order valence-electron chi connectivity index (χ2n) is 10.8. The number of hydrogen-bond donors (Lipinski definition) is 0. The summed E-state index contributed by atoms with van der Waals surface area (Å²) in [5.74, 6) is 1.46. The van der Waals surface area contributed by atoms with Gasteiger partial charge in [0.15, 0.2) is 6.17 Å². The van der Waals surface area contributed by atoms with Gasteiger partial charge in [-0.2, -0.15) is 0 Å². The fraction of sp³-hybridized carbons (Fsp3) is 0.606. The summed E-state index contributed by atoms with van der Waals surface area (Å²) in [7, 11) is 0. The first kappa shape index (κ1) is 31.4. The predicted molar refractivity (Wildman–Crippen MR) is 160 cm³/mol. The average molecular weight is 606 g/mol. The second kappa shape index (κ2) is 17.6. The van der Waals surface area contributed by atoms with Gasteiger partial charge in [0.25, 0.3) is 0 Å². The minimum Gasteiger partial charge on any atom is -0.493 e. The Morgan fingerprint density at radius 3 is 2.23 bits per heavy atom. The molecule has 39 heavy (non-hydrogen) atoms. The lowest BCUT2D eigenvalue weighted by Gasteiger charge is -2.28. The molecular weight excluding hydrogens is 559 g/mol. The maximum absolute atomic E-state index is 13.9. The van der Waals surface area contributed by atoms with Gasteiger partial charge in [0, 0.05) is 0 Å². The molecule has 0 radical (unpaired) electrons. The minimum atomic E-state index is -1.49. The maximum atomic E-state index is 13.9. The van der Waals surface area contributed by atoms with E-state index in [2.05, 4.69) is 47.1 Å². The third-order valence-corrected chi connectivity index (χ3v) is 8.12. The summed E-state index contributed by atoms with van der Waals surface area (Å²) in [5, 5.41) is 0. The number of carbonyl (C=O) groups is 1. The quantitative estimate of drug-likeness (QED) is 0.133. The molecule has 0 saturated heterocycles. The van der Waals surface area contributed by atoms with E-state index in [1.807, 2.05) is 25.1 Å². The standard InChI is InChI=1S/C33H46BrFO4/c1-3-5-7-8-9-10-22-37-32-21-16-27(23-30(32)34)26-14-19-28(20-15-26)38-24-25-12-17-29(18-13-25)39-33(36)31(35)11-6-4-2/h14-16,19-21,23,25,29,31H,3-13,17-18,22,24H2,1-2H3/t25?,29?,31-/m1/s1. The van der Waals surface area contributed by atoms with Gasteiger partial charge in [-0.3, -0.25) is 0 Å². The van der Waals surface area contributed by atoms with Crippen molar-refractivity contribution in [3.05, 3.63) is 46.9 Å². The van der Waals surface area contributed by atoms with Crippen molar-refractivity contribution in [2.45, 2.75) is 110 Å². The van der Waals surface area contributed by atoms with Crippen molar-refractivity contribution >= 4 is 21.9 Å². The van der Waals surface area contributed by atoms with Crippen LogP contribution >= 0.6 is 15.9 Å². The van der Waals surface area contributed by atoms with Crippen molar-refractivity contribution in [3.8, 4) is 22.6 Å². The van der Waals surface area contributed by atoms with Crippen LogP contribution in [-0.2, 0) is 9.53 Å². The van der Waals surface area contributed by atoms with Crippen LogP contribution in [-0.4, -0.2) is 31.5 Å². The zero-order chi connectivity index (χ0) is 27.9. The molecule has 1 aliphatic rings. The fourth-order valence-corrected chi connectivity index (χ4v) is 5.47. The first-order chi connectivity index (χ1) is 19.0. The number of ether oxygens (including phenoxy) is 3. The van der Waals surface area contributed by atoms with Crippen LogP contribution in [0.15, 0.2) is 46.9 Å². The van der Waals surface area contributed by atoms with Gasteiger partial charge in [-0.1, -0.05) is 77.0 Å². The third-order valence-electron chi connectivity index (χ3n) is 7.50. The molecule has 1 aliphatic carbocycles. The number of carbonyl (C=O) groups excluding carboxylic acids is 1. The van der Waals surface area contributed by atoms with Crippen molar-refractivity contribution in [2.75, 3.05) is 13.2 Å². The van der Waals surface area contributed by atoms with E-state index in [1.165, 1.54) is 32.1 Å². The van der Waals surface area contributed by atoms with Crippen LogP contribution in [0.5, 0.6) is 11.5 Å². The molecule has 0 heterocycles. The van der Waals surface area contributed by atoms with Crippen molar-refractivity contribution in [3.63, 3.8) is 0 Å². The van der Waals surface area contributed by atoms with Gasteiger partial charge in [-0.25, -0.2) is 9.18 Å². The number of unbranched alkanes of at least 4 members (excludes halogenated alkanes) is 6. The summed E-state index contributed by atoms with van der Waals surface area (Å²) in [6, 6.07) is 14.4. The molecule has 3 rings (SSSR count). The van der Waals surface area contributed by atoms with E-state index >= 15 is 0 Å². The smallest absolute Gasteiger partial charge is 0.340 e. The molecular formula is C33H46BrFO4. The summed E-state index contributed by atoms with van der Waals surface area (Å²) in [5.41, 5.74) is 2.25. The first-order valence-corrected chi connectivity index (χ1v) is 15.8. The van der Waals surface area contributed by atoms with E-state index in [1.54, 1.807) is 0 Å². The number of alkyl halides is 1. The molecule has 216 valence electrons. The molecule has 1 saturated carbocycles. The molecule has 1 fully saturated rings. The first-order valence-electron chi connectivity index (χ1n) is 15.0. The van der Waals surface area contributed by atoms with E-state index in [0.717, 1.165) is 72.2 Å². The van der Waals surface area contributed by atoms with Gasteiger partial charge < -0.3 is 14.2 Å². The molecule has 2 aromatic rings. The molecule has 0 spiro atoms. The average Bonchev–Trinajstić information content (AvgIpc) is 2.96. The van der Waals surface area contributed by atoms with Crippen LogP contribution in [0.2, 0.25) is 0 Å². The van der Waals surface area contributed by atoms with E-state index < -0.39 is 12.1 Å². The monoisotopic (exact) mass is 604 g/mol. The third kappa shape index (κ3) is 11.1. The van der Waals surface area contributed by atoms with Crippen molar-refractivity contribution in [2.24, 2.45) is 5.92 Å². The minimum absolute atomic E-state index is 0.167. The molecule has 0 unspecified atom stereocenters. The van der Waals surface area contributed by atoms with Crippen molar-refractivity contribution in [1.82, 2.24) is 0 Å². The highest BCUT2D eigenvalue weighted by atomic mass is 79.9. The number of hydrogen-bond acceptors (Lipinski definition) is 4. The van der Waals surface area contributed by atoms with Crippen molar-refractivity contribution < 1.29 is 23.4 Å². The summed E-state index contributed by atoms with van der Waals surface area (Å²) in [6.07, 6.45) is 11.1. The number of rotatable bonds is 17. The summed E-state index contributed by atoms with van der Waals surface area (Å²) < 4.78 is 32.3. The Bertz CT molecular complexity index is 972. The van der Waals surface area contributed by atoms with E-state index in [4.69, 9.17) is 14.2 Å². The van der Waals surface area contributed by atoms with Crippen molar-refractivity contribution in [1.29, 1.82) is 0 Å². The Kier molecular flexibility index (Phi) is 14.2. The summed E-state index contributed by atoms with van der Waals surface area (Å²) in [4.78, 5) is 11.9. The molecule has 1 atom stereocenters. The lowest BCUT2D eigenvalue weighted by Crippen LogP contribution is -2.30. The lowest BCUT2D eigenvalue weighted by molar-refractivity contribution is -0.157. The SMILES string of the molecule is CCCCCCCCOc1ccc(-c2ccc(OCC3CCC(OC(=O)[C@H](F)CCCC)CC3)cc2)cc1Br. The van der Waals surface area contributed by atoms with Crippen LogP contribution in [0.3, 0.4) is 0 Å². The van der Waals surface area contributed by atoms with Gasteiger partial charge in [-0.05, 0) is 95.8 Å². The highest BCUT2D eigenvalue weighted by molar-refractivity contribution is 9.10. The maximum Gasteiger partial charge on any atom is 0.340 e. The van der Waals surface area contributed by atoms with Crippen LogP contribution in [0.4, 0.5) is 4.39 Å². The van der Waals surface area contributed by atoms with Gasteiger partial charge in [0.2, 0.25) is 0 Å². The fourth-order valence-electron chi connectivity index (χ4n) is 4.98. The Morgan fingerprint density at radius 1 is 0.872 bits per heavy atom. The van der Waals surface area contributed by atoms with Gasteiger partial charge in [0.1, 0.15) is 17.6 Å².